The highest BCUT2D eigenvalue weighted by Crippen LogP contribution is 2.23. The number of halogens is 1. The lowest BCUT2D eigenvalue weighted by Gasteiger charge is -1.98. The molecule has 0 fully saturated rings. The zero-order valence-electron chi connectivity index (χ0n) is 3.94. The zero-order chi connectivity index (χ0) is 5.28. The number of hydrogen-bond acceptors (Lipinski definition) is 2. The van der Waals surface area contributed by atoms with Crippen LogP contribution in [0.15, 0.2) is 11.1 Å². The van der Waals surface area contributed by atoms with E-state index in [0.717, 1.165) is 0 Å². The van der Waals surface area contributed by atoms with Gasteiger partial charge in [-0.25, -0.2) is 0 Å². The number of allylic oxidation sites excluding steroid dienone is 1. The van der Waals surface area contributed by atoms with Crippen LogP contribution in [0.5, 0.6) is 0 Å². The number of nitrogens with one attached hydrogen (secondary N) is 1. The van der Waals surface area contributed by atoms with Crippen LogP contribution in [0.3, 0.4) is 0 Å². The molecule has 0 spiro atoms. The molecular formula is C4H6BrNS. The Morgan fingerprint density at radius 2 is 2.71 bits per heavy atom. The third-order valence-electron chi connectivity index (χ3n) is 0.705. The van der Waals surface area contributed by atoms with Crippen molar-refractivity contribution in [3.63, 3.8) is 0 Å². The summed E-state index contributed by atoms with van der Waals surface area (Å²) in [6.45, 7) is 2.05. The molecule has 0 bridgehead atoms. The molecule has 3 heteroatoms. The molecule has 0 saturated heterocycles. The first kappa shape index (κ1) is 5.51. The van der Waals surface area contributed by atoms with Gasteiger partial charge >= 0.3 is 0 Å². The first-order valence-corrected chi connectivity index (χ1v) is 3.88. The van der Waals surface area contributed by atoms with Gasteiger partial charge in [0.15, 0.2) is 0 Å². The maximum Gasteiger partial charge on any atom is 0.132 e. The molecule has 40 valence electrons. The molecule has 0 aromatic heterocycles. The molecule has 1 atom stereocenters. The van der Waals surface area contributed by atoms with Gasteiger partial charge in [-0.05, 0) is 12.3 Å². The Hall–Kier alpha value is 0.370. The van der Waals surface area contributed by atoms with E-state index in [1.807, 2.05) is 6.92 Å². The average Bonchev–Trinajstić information content (AvgIpc) is 1.87. The number of alkyl halides is 1. The molecule has 0 radical (unpaired) electrons. The van der Waals surface area contributed by atoms with E-state index in [-0.39, 0.29) is 0 Å². The summed E-state index contributed by atoms with van der Waals surface area (Å²) < 4.78 is 0.410. The summed E-state index contributed by atoms with van der Waals surface area (Å²) >= 11 is 5.13. The second-order valence-corrected chi connectivity index (χ2v) is 3.90. The summed E-state index contributed by atoms with van der Waals surface area (Å²) in [5, 5.41) is 5.25. The summed E-state index contributed by atoms with van der Waals surface area (Å²) in [6.07, 6.45) is 0. The Labute approximate surface area is 55.7 Å². The van der Waals surface area contributed by atoms with Gasteiger partial charge in [-0.3, -0.25) is 0 Å². The fourth-order valence-electron chi connectivity index (χ4n) is 0.409. The Morgan fingerprint density at radius 3 is 2.86 bits per heavy atom. The van der Waals surface area contributed by atoms with Crippen molar-refractivity contribution >= 4 is 27.7 Å². The first-order valence-electron chi connectivity index (χ1n) is 2.02. The van der Waals surface area contributed by atoms with Crippen LogP contribution in [0.1, 0.15) is 6.92 Å². The van der Waals surface area contributed by atoms with E-state index in [4.69, 9.17) is 0 Å². The van der Waals surface area contributed by atoms with Crippen LogP contribution in [-0.2, 0) is 0 Å². The minimum absolute atomic E-state index is 0.410. The van der Waals surface area contributed by atoms with Crippen molar-refractivity contribution in [3.05, 3.63) is 11.1 Å². The second-order valence-electron chi connectivity index (χ2n) is 1.40. The summed E-state index contributed by atoms with van der Waals surface area (Å²) in [5.41, 5.74) is 1.24. The quantitative estimate of drug-likeness (QED) is 0.451. The normalized spacial score (nSPS) is 29.4. The summed E-state index contributed by atoms with van der Waals surface area (Å²) in [4.78, 5) is 0. The fraction of sp³-hybridized carbons (Fsp3) is 0.500. The van der Waals surface area contributed by atoms with Crippen molar-refractivity contribution in [2.45, 2.75) is 11.2 Å². The SMILES string of the molecule is CC1=CSC(Br)N1. The highest BCUT2D eigenvalue weighted by atomic mass is 79.9. The molecular weight excluding hydrogens is 174 g/mol. The van der Waals surface area contributed by atoms with E-state index in [0.29, 0.717) is 4.28 Å². The van der Waals surface area contributed by atoms with Crippen molar-refractivity contribution in [2.75, 3.05) is 0 Å². The third-order valence-corrected chi connectivity index (χ3v) is 2.43. The van der Waals surface area contributed by atoms with E-state index in [2.05, 4.69) is 26.7 Å². The van der Waals surface area contributed by atoms with Gasteiger partial charge in [0.2, 0.25) is 0 Å². The van der Waals surface area contributed by atoms with Gasteiger partial charge in [-0.1, -0.05) is 27.7 Å². The number of hydrogen-bond donors (Lipinski definition) is 1. The van der Waals surface area contributed by atoms with Crippen LogP contribution in [0, 0.1) is 0 Å². The highest BCUT2D eigenvalue weighted by Gasteiger charge is 2.07. The lowest BCUT2D eigenvalue weighted by molar-refractivity contribution is 0.953. The number of rotatable bonds is 0. The molecule has 0 aliphatic carbocycles. The molecule has 1 aliphatic heterocycles. The fourth-order valence-corrected chi connectivity index (χ4v) is 1.74. The molecule has 1 rings (SSSR count). The maximum atomic E-state index is 3.38. The zero-order valence-corrected chi connectivity index (χ0v) is 6.34. The van der Waals surface area contributed by atoms with Crippen LogP contribution in [0.25, 0.3) is 0 Å². The predicted molar refractivity (Wildman–Crippen MR) is 37.2 cm³/mol. The first-order chi connectivity index (χ1) is 3.29. The molecule has 0 amide bonds. The van der Waals surface area contributed by atoms with E-state index in [9.17, 15) is 0 Å². The Kier molecular flexibility index (Phi) is 1.65. The average molecular weight is 180 g/mol. The van der Waals surface area contributed by atoms with Gasteiger partial charge in [-0.15, -0.1) is 0 Å². The standard InChI is InChI=1S/C4H6BrNS/c1-3-2-7-4(5)6-3/h2,4,6H,1H3. The molecule has 1 unspecified atom stereocenters. The highest BCUT2D eigenvalue weighted by molar-refractivity contribution is 9.11. The Bertz CT molecular complexity index is 102. The van der Waals surface area contributed by atoms with Crippen molar-refractivity contribution in [1.29, 1.82) is 0 Å². The smallest absolute Gasteiger partial charge is 0.132 e. The van der Waals surface area contributed by atoms with Crippen molar-refractivity contribution < 1.29 is 0 Å². The Balaban J connectivity index is 2.42. The van der Waals surface area contributed by atoms with Crippen LogP contribution >= 0.6 is 27.7 Å². The van der Waals surface area contributed by atoms with E-state index >= 15 is 0 Å². The van der Waals surface area contributed by atoms with Crippen molar-refractivity contribution in [2.24, 2.45) is 0 Å². The topological polar surface area (TPSA) is 12.0 Å². The monoisotopic (exact) mass is 179 g/mol. The molecule has 0 aromatic carbocycles. The van der Waals surface area contributed by atoms with Gasteiger partial charge in [0.25, 0.3) is 0 Å². The van der Waals surface area contributed by atoms with Gasteiger partial charge < -0.3 is 5.32 Å². The lowest BCUT2D eigenvalue weighted by atomic mass is 10.6. The molecule has 1 aliphatic rings. The van der Waals surface area contributed by atoms with Gasteiger partial charge in [0.1, 0.15) is 4.28 Å². The third kappa shape index (κ3) is 1.39. The van der Waals surface area contributed by atoms with Crippen LogP contribution in [0.2, 0.25) is 0 Å². The second kappa shape index (κ2) is 2.09. The lowest BCUT2D eigenvalue weighted by Crippen LogP contribution is -2.10. The van der Waals surface area contributed by atoms with Gasteiger partial charge in [0.05, 0.1) is 0 Å². The van der Waals surface area contributed by atoms with Crippen LogP contribution < -0.4 is 5.32 Å². The summed E-state index contributed by atoms with van der Waals surface area (Å²) in [6, 6.07) is 0. The summed E-state index contributed by atoms with van der Waals surface area (Å²) in [7, 11) is 0. The van der Waals surface area contributed by atoms with E-state index in [1.165, 1.54) is 5.70 Å². The molecule has 0 saturated carbocycles. The predicted octanol–water partition coefficient (Wildman–Crippen LogP) is 1.86. The molecule has 7 heavy (non-hydrogen) atoms. The Morgan fingerprint density at radius 1 is 2.00 bits per heavy atom. The van der Waals surface area contributed by atoms with Gasteiger partial charge in [0, 0.05) is 5.70 Å². The van der Waals surface area contributed by atoms with Crippen molar-refractivity contribution in [1.82, 2.24) is 5.32 Å². The molecule has 0 aromatic rings. The minimum Gasteiger partial charge on any atom is -0.367 e. The number of thioether (sulfide) groups is 1. The van der Waals surface area contributed by atoms with E-state index in [1.54, 1.807) is 11.8 Å². The minimum atomic E-state index is 0.410. The molecule has 1 N–H and O–H groups in total. The maximum absolute atomic E-state index is 3.38. The van der Waals surface area contributed by atoms with Gasteiger partial charge in [-0.2, -0.15) is 0 Å². The summed E-state index contributed by atoms with van der Waals surface area (Å²) in [5.74, 6) is 0. The van der Waals surface area contributed by atoms with Crippen LogP contribution in [-0.4, -0.2) is 4.28 Å². The largest absolute Gasteiger partial charge is 0.367 e. The van der Waals surface area contributed by atoms with Crippen LogP contribution in [0.4, 0.5) is 0 Å². The van der Waals surface area contributed by atoms with E-state index < -0.39 is 0 Å². The molecule has 1 nitrogen and oxygen atoms in total. The molecule has 1 heterocycles. The van der Waals surface area contributed by atoms with Crippen molar-refractivity contribution in [3.8, 4) is 0 Å².